The zero-order valence-electron chi connectivity index (χ0n) is 10.8. The Bertz CT molecular complexity index is 504. The Hall–Kier alpha value is -2.00. The van der Waals surface area contributed by atoms with Gasteiger partial charge >= 0.3 is 0 Å². The van der Waals surface area contributed by atoms with Crippen LogP contribution in [0.2, 0.25) is 0 Å². The summed E-state index contributed by atoms with van der Waals surface area (Å²) in [5.74, 6) is 1.74. The second kappa shape index (κ2) is 5.76. The first-order chi connectivity index (χ1) is 9.42. The summed E-state index contributed by atoms with van der Waals surface area (Å²) >= 11 is 0. The van der Waals surface area contributed by atoms with Crippen LogP contribution in [0.15, 0.2) is 54.6 Å². The average molecular weight is 253 g/mol. The van der Waals surface area contributed by atoms with Crippen LogP contribution < -0.4 is 15.0 Å². The molecule has 0 aromatic heterocycles. The molecule has 0 atom stereocenters. The van der Waals surface area contributed by atoms with E-state index >= 15 is 0 Å². The molecule has 1 aliphatic heterocycles. The van der Waals surface area contributed by atoms with Crippen molar-refractivity contribution in [1.82, 2.24) is 5.32 Å². The Morgan fingerprint density at radius 3 is 2.11 bits per heavy atom. The van der Waals surface area contributed by atoms with Gasteiger partial charge in [0.1, 0.15) is 11.5 Å². The van der Waals surface area contributed by atoms with Crippen molar-refractivity contribution in [2.75, 3.05) is 31.1 Å². The maximum atomic E-state index is 5.78. The predicted molar refractivity (Wildman–Crippen MR) is 77.0 cm³/mol. The number of nitrogens with zero attached hydrogens (tertiary/aromatic N) is 2. The third-order valence-corrected chi connectivity index (χ3v) is 3.24. The molecular formula is C16H17N2O. The van der Waals surface area contributed by atoms with Gasteiger partial charge in [0.2, 0.25) is 0 Å². The number of hydrogen-bond donors (Lipinski definition) is 0. The van der Waals surface area contributed by atoms with E-state index in [9.17, 15) is 0 Å². The fraction of sp³-hybridized carbons (Fsp3) is 0.250. The maximum Gasteiger partial charge on any atom is 0.127 e. The Morgan fingerprint density at radius 2 is 1.42 bits per heavy atom. The van der Waals surface area contributed by atoms with Crippen molar-refractivity contribution in [3.05, 3.63) is 54.6 Å². The summed E-state index contributed by atoms with van der Waals surface area (Å²) in [5, 5.41) is 4.36. The molecule has 3 nitrogen and oxygen atoms in total. The fourth-order valence-electron chi connectivity index (χ4n) is 2.21. The van der Waals surface area contributed by atoms with Crippen molar-refractivity contribution in [2.24, 2.45) is 0 Å². The number of piperazine rings is 1. The molecule has 0 unspecified atom stereocenters. The summed E-state index contributed by atoms with van der Waals surface area (Å²) in [6.07, 6.45) is 0. The summed E-state index contributed by atoms with van der Waals surface area (Å²) in [6, 6.07) is 18.1. The van der Waals surface area contributed by atoms with Gasteiger partial charge in [-0.25, -0.2) is 5.32 Å². The SMILES string of the molecule is c1ccc(Oc2ccc(N3CC[N]CC3)cc2)cc1. The summed E-state index contributed by atoms with van der Waals surface area (Å²) in [7, 11) is 0. The van der Waals surface area contributed by atoms with Gasteiger partial charge in [0, 0.05) is 31.9 Å². The van der Waals surface area contributed by atoms with E-state index in [4.69, 9.17) is 4.74 Å². The normalized spacial score (nSPS) is 15.3. The van der Waals surface area contributed by atoms with E-state index in [0.29, 0.717) is 0 Å². The first-order valence-electron chi connectivity index (χ1n) is 6.63. The molecular weight excluding hydrogens is 236 g/mol. The van der Waals surface area contributed by atoms with E-state index in [1.165, 1.54) is 5.69 Å². The van der Waals surface area contributed by atoms with Gasteiger partial charge in [0.25, 0.3) is 0 Å². The molecule has 1 heterocycles. The molecule has 0 N–H and O–H groups in total. The Balaban J connectivity index is 1.68. The van der Waals surface area contributed by atoms with E-state index in [0.717, 1.165) is 37.7 Å². The standard InChI is InChI=1S/C16H17N2O/c1-2-4-15(5-3-1)19-16-8-6-14(7-9-16)18-12-10-17-11-13-18/h1-9H,10-13H2. The molecule has 1 aliphatic rings. The minimum absolute atomic E-state index is 0.868. The lowest BCUT2D eigenvalue weighted by molar-refractivity contribution is 0.482. The molecule has 0 bridgehead atoms. The second-order valence-electron chi connectivity index (χ2n) is 4.57. The summed E-state index contributed by atoms with van der Waals surface area (Å²) < 4.78 is 5.78. The highest BCUT2D eigenvalue weighted by atomic mass is 16.5. The van der Waals surface area contributed by atoms with Gasteiger partial charge in [-0.15, -0.1) is 0 Å². The molecule has 1 radical (unpaired) electrons. The van der Waals surface area contributed by atoms with E-state index in [1.54, 1.807) is 0 Å². The number of benzene rings is 2. The van der Waals surface area contributed by atoms with Gasteiger partial charge in [-0.3, -0.25) is 0 Å². The van der Waals surface area contributed by atoms with Crippen LogP contribution in [-0.4, -0.2) is 26.2 Å². The molecule has 2 aromatic carbocycles. The smallest absolute Gasteiger partial charge is 0.127 e. The predicted octanol–water partition coefficient (Wildman–Crippen LogP) is 2.90. The lowest BCUT2D eigenvalue weighted by Gasteiger charge is -2.28. The van der Waals surface area contributed by atoms with Crippen LogP contribution in [0.4, 0.5) is 5.69 Å². The fourth-order valence-corrected chi connectivity index (χ4v) is 2.21. The maximum absolute atomic E-state index is 5.78. The number of ether oxygens (including phenoxy) is 1. The molecule has 0 aliphatic carbocycles. The van der Waals surface area contributed by atoms with Gasteiger partial charge in [-0.05, 0) is 36.4 Å². The number of hydrogen-bond acceptors (Lipinski definition) is 2. The highest BCUT2D eigenvalue weighted by Crippen LogP contribution is 2.24. The van der Waals surface area contributed by atoms with E-state index < -0.39 is 0 Å². The summed E-state index contributed by atoms with van der Waals surface area (Å²) in [4.78, 5) is 2.36. The van der Waals surface area contributed by atoms with Crippen LogP contribution in [0.1, 0.15) is 0 Å². The quantitative estimate of drug-likeness (QED) is 0.840. The highest BCUT2D eigenvalue weighted by Gasteiger charge is 2.10. The zero-order valence-corrected chi connectivity index (χ0v) is 10.8. The van der Waals surface area contributed by atoms with Crippen molar-refractivity contribution < 1.29 is 4.74 Å². The molecule has 0 amide bonds. The lowest BCUT2D eigenvalue weighted by Crippen LogP contribution is -2.40. The Kier molecular flexibility index (Phi) is 3.65. The lowest BCUT2D eigenvalue weighted by atomic mass is 10.2. The number of anilines is 1. The third-order valence-electron chi connectivity index (χ3n) is 3.24. The van der Waals surface area contributed by atoms with Crippen LogP contribution in [0, 0.1) is 0 Å². The van der Waals surface area contributed by atoms with Crippen LogP contribution >= 0.6 is 0 Å². The van der Waals surface area contributed by atoms with Gasteiger partial charge < -0.3 is 9.64 Å². The van der Waals surface area contributed by atoms with Crippen LogP contribution in [0.3, 0.4) is 0 Å². The van der Waals surface area contributed by atoms with Gasteiger partial charge in [0.05, 0.1) is 0 Å². The van der Waals surface area contributed by atoms with Crippen molar-refractivity contribution in [1.29, 1.82) is 0 Å². The molecule has 1 fully saturated rings. The first kappa shape index (κ1) is 12.1. The molecule has 97 valence electrons. The Labute approximate surface area is 113 Å². The summed E-state index contributed by atoms with van der Waals surface area (Å²) in [6.45, 7) is 3.89. The topological polar surface area (TPSA) is 26.6 Å². The van der Waals surface area contributed by atoms with Crippen LogP contribution in [0.5, 0.6) is 11.5 Å². The zero-order chi connectivity index (χ0) is 12.9. The van der Waals surface area contributed by atoms with Crippen LogP contribution in [0.25, 0.3) is 0 Å². The Morgan fingerprint density at radius 1 is 0.789 bits per heavy atom. The monoisotopic (exact) mass is 253 g/mol. The molecule has 2 aromatic rings. The minimum Gasteiger partial charge on any atom is -0.457 e. The minimum atomic E-state index is 0.868. The molecule has 0 spiro atoms. The third kappa shape index (κ3) is 3.06. The molecule has 1 saturated heterocycles. The van der Waals surface area contributed by atoms with Crippen molar-refractivity contribution >= 4 is 5.69 Å². The number of para-hydroxylation sites is 1. The molecule has 0 saturated carbocycles. The molecule has 3 heteroatoms. The van der Waals surface area contributed by atoms with Crippen molar-refractivity contribution in [3.8, 4) is 11.5 Å². The molecule has 3 rings (SSSR count). The van der Waals surface area contributed by atoms with E-state index in [2.05, 4.69) is 22.3 Å². The van der Waals surface area contributed by atoms with Crippen molar-refractivity contribution in [2.45, 2.75) is 0 Å². The van der Waals surface area contributed by atoms with E-state index in [-0.39, 0.29) is 0 Å². The highest BCUT2D eigenvalue weighted by molar-refractivity contribution is 5.50. The van der Waals surface area contributed by atoms with Crippen LogP contribution in [-0.2, 0) is 0 Å². The molecule has 19 heavy (non-hydrogen) atoms. The first-order valence-corrected chi connectivity index (χ1v) is 6.63. The second-order valence-corrected chi connectivity index (χ2v) is 4.57. The summed E-state index contributed by atoms with van der Waals surface area (Å²) in [5.41, 5.74) is 1.25. The van der Waals surface area contributed by atoms with Gasteiger partial charge in [-0.1, -0.05) is 18.2 Å². The largest absolute Gasteiger partial charge is 0.457 e. The van der Waals surface area contributed by atoms with E-state index in [1.807, 2.05) is 42.5 Å². The van der Waals surface area contributed by atoms with Crippen molar-refractivity contribution in [3.63, 3.8) is 0 Å². The van der Waals surface area contributed by atoms with Gasteiger partial charge in [0.15, 0.2) is 0 Å². The number of rotatable bonds is 3. The van der Waals surface area contributed by atoms with Gasteiger partial charge in [-0.2, -0.15) is 0 Å². The average Bonchev–Trinajstić information content (AvgIpc) is 2.50.